The zero-order chi connectivity index (χ0) is 17.5. The lowest BCUT2D eigenvalue weighted by Crippen LogP contribution is -2.52. The monoisotopic (exact) mass is 318 g/mol. The van der Waals surface area contributed by atoms with Crippen LogP contribution in [0, 0.1) is 5.41 Å². The topological polar surface area (TPSA) is 127 Å². The molecule has 0 spiro atoms. The molecule has 0 bridgehead atoms. The lowest BCUT2D eigenvalue weighted by atomic mass is 9.73. The standard InChI is InChI=1S/C14H22O8/c1-8(21-10(3)15)14(13(19)20,7-5-6-12(17)18)9(2)22-11(4)16/h8-9H,5-7H2,1-4H3,(H,17,18)(H,19,20). The molecule has 0 fully saturated rings. The molecule has 0 aromatic rings. The Morgan fingerprint density at radius 2 is 1.36 bits per heavy atom. The second-order valence-corrected chi connectivity index (χ2v) is 5.10. The Hall–Kier alpha value is -2.12. The smallest absolute Gasteiger partial charge is 0.317 e. The van der Waals surface area contributed by atoms with E-state index in [4.69, 9.17) is 14.6 Å². The first-order valence-corrected chi connectivity index (χ1v) is 6.83. The van der Waals surface area contributed by atoms with E-state index in [0.29, 0.717) is 0 Å². The van der Waals surface area contributed by atoms with Crippen LogP contribution in [0.2, 0.25) is 0 Å². The molecule has 8 nitrogen and oxygen atoms in total. The van der Waals surface area contributed by atoms with E-state index >= 15 is 0 Å². The van der Waals surface area contributed by atoms with Crippen molar-refractivity contribution >= 4 is 23.9 Å². The highest BCUT2D eigenvalue weighted by atomic mass is 16.6. The van der Waals surface area contributed by atoms with Crippen molar-refractivity contribution in [3.8, 4) is 0 Å². The minimum absolute atomic E-state index is 0.0405. The molecule has 0 aliphatic heterocycles. The summed E-state index contributed by atoms with van der Waals surface area (Å²) in [6.45, 7) is 5.04. The maximum absolute atomic E-state index is 11.8. The fraction of sp³-hybridized carbons (Fsp3) is 0.714. The van der Waals surface area contributed by atoms with Gasteiger partial charge in [-0.1, -0.05) is 0 Å². The van der Waals surface area contributed by atoms with Crippen LogP contribution in [0.1, 0.15) is 47.0 Å². The molecule has 0 aliphatic rings. The number of carbonyl (C=O) groups excluding carboxylic acids is 2. The molecule has 0 saturated carbocycles. The third-order valence-corrected chi connectivity index (χ3v) is 3.52. The molecule has 0 rings (SSSR count). The van der Waals surface area contributed by atoms with Gasteiger partial charge in [0.2, 0.25) is 0 Å². The van der Waals surface area contributed by atoms with E-state index in [1.165, 1.54) is 13.8 Å². The van der Waals surface area contributed by atoms with E-state index < -0.39 is 41.5 Å². The Morgan fingerprint density at radius 3 is 1.64 bits per heavy atom. The van der Waals surface area contributed by atoms with Gasteiger partial charge in [-0.15, -0.1) is 0 Å². The maximum Gasteiger partial charge on any atom is 0.317 e. The average Bonchev–Trinajstić information content (AvgIpc) is 2.31. The first kappa shape index (κ1) is 19.9. The van der Waals surface area contributed by atoms with Gasteiger partial charge in [0, 0.05) is 20.3 Å². The molecule has 0 saturated heterocycles. The highest BCUT2D eigenvalue weighted by Crippen LogP contribution is 2.37. The second kappa shape index (κ2) is 8.35. The van der Waals surface area contributed by atoms with Gasteiger partial charge in [0.05, 0.1) is 0 Å². The molecule has 8 heteroatoms. The van der Waals surface area contributed by atoms with Gasteiger partial charge < -0.3 is 19.7 Å². The number of carboxylic acid groups (broad SMARTS) is 2. The predicted octanol–water partition coefficient (Wildman–Crippen LogP) is 1.22. The van der Waals surface area contributed by atoms with Crippen LogP contribution in [0.15, 0.2) is 0 Å². The third-order valence-electron chi connectivity index (χ3n) is 3.52. The minimum atomic E-state index is -1.72. The van der Waals surface area contributed by atoms with Crippen LogP contribution < -0.4 is 0 Å². The maximum atomic E-state index is 11.8. The number of hydrogen-bond donors (Lipinski definition) is 2. The fourth-order valence-corrected chi connectivity index (χ4v) is 2.43. The van der Waals surface area contributed by atoms with Gasteiger partial charge in [-0.2, -0.15) is 0 Å². The van der Waals surface area contributed by atoms with Crippen molar-refractivity contribution in [2.45, 2.75) is 59.2 Å². The highest BCUT2D eigenvalue weighted by Gasteiger charge is 2.51. The molecule has 2 unspecified atom stereocenters. The average molecular weight is 318 g/mol. The van der Waals surface area contributed by atoms with E-state index in [0.717, 1.165) is 13.8 Å². The number of hydrogen-bond acceptors (Lipinski definition) is 6. The summed E-state index contributed by atoms with van der Waals surface area (Å²) in [5, 5.41) is 18.3. The Labute approximate surface area is 128 Å². The number of ether oxygens (including phenoxy) is 2. The molecule has 0 radical (unpaired) electrons. The van der Waals surface area contributed by atoms with Crippen molar-refractivity contribution in [3.63, 3.8) is 0 Å². The van der Waals surface area contributed by atoms with Crippen LogP contribution >= 0.6 is 0 Å². The zero-order valence-electron chi connectivity index (χ0n) is 13.1. The predicted molar refractivity (Wildman–Crippen MR) is 74.0 cm³/mol. The van der Waals surface area contributed by atoms with Crippen molar-refractivity contribution < 1.29 is 38.9 Å². The highest BCUT2D eigenvalue weighted by molar-refractivity contribution is 5.78. The van der Waals surface area contributed by atoms with Crippen LogP contribution in [0.3, 0.4) is 0 Å². The summed E-state index contributed by atoms with van der Waals surface area (Å²) in [6.07, 6.45) is -2.50. The first-order valence-electron chi connectivity index (χ1n) is 6.83. The summed E-state index contributed by atoms with van der Waals surface area (Å²) in [6, 6.07) is 0. The van der Waals surface area contributed by atoms with Crippen LogP contribution in [0.25, 0.3) is 0 Å². The quantitative estimate of drug-likeness (QED) is 0.607. The largest absolute Gasteiger partial charge is 0.481 e. The zero-order valence-corrected chi connectivity index (χ0v) is 13.1. The van der Waals surface area contributed by atoms with E-state index in [2.05, 4.69) is 0 Å². The molecule has 126 valence electrons. The molecule has 0 aromatic carbocycles. The summed E-state index contributed by atoms with van der Waals surface area (Å²) < 4.78 is 9.96. The molecular formula is C14H22O8. The van der Waals surface area contributed by atoms with E-state index in [1.807, 2.05) is 0 Å². The van der Waals surface area contributed by atoms with E-state index in [1.54, 1.807) is 0 Å². The second-order valence-electron chi connectivity index (χ2n) is 5.10. The summed E-state index contributed by atoms with van der Waals surface area (Å²) in [5.74, 6) is -3.74. The molecule has 2 atom stereocenters. The number of carbonyl (C=O) groups is 4. The molecule has 0 heterocycles. The molecule has 0 aliphatic carbocycles. The summed E-state index contributed by atoms with van der Waals surface area (Å²) in [4.78, 5) is 44.7. The van der Waals surface area contributed by atoms with E-state index in [9.17, 15) is 24.3 Å². The Balaban J connectivity index is 5.51. The normalized spacial score (nSPS) is 16.0. The van der Waals surface area contributed by atoms with Crippen molar-refractivity contribution in [3.05, 3.63) is 0 Å². The summed E-state index contributed by atoms with van der Waals surface area (Å²) >= 11 is 0. The van der Waals surface area contributed by atoms with Gasteiger partial charge >= 0.3 is 23.9 Å². The third kappa shape index (κ3) is 5.34. The fourth-order valence-electron chi connectivity index (χ4n) is 2.43. The Bertz CT molecular complexity index is 420. The lowest BCUT2D eigenvalue weighted by molar-refractivity contribution is -0.185. The van der Waals surface area contributed by atoms with Gasteiger partial charge in [0.15, 0.2) is 0 Å². The van der Waals surface area contributed by atoms with Gasteiger partial charge in [-0.05, 0) is 26.7 Å². The van der Waals surface area contributed by atoms with Crippen molar-refractivity contribution in [2.75, 3.05) is 0 Å². The summed E-state index contributed by atoms with van der Waals surface area (Å²) in [5.41, 5.74) is -1.72. The van der Waals surface area contributed by atoms with Crippen molar-refractivity contribution in [1.82, 2.24) is 0 Å². The van der Waals surface area contributed by atoms with Crippen LogP contribution in [0.4, 0.5) is 0 Å². The molecular weight excluding hydrogens is 296 g/mol. The molecule has 22 heavy (non-hydrogen) atoms. The lowest BCUT2D eigenvalue weighted by Gasteiger charge is -2.38. The molecule has 2 N–H and O–H groups in total. The number of carboxylic acids is 2. The van der Waals surface area contributed by atoms with Crippen molar-refractivity contribution in [2.24, 2.45) is 5.41 Å². The van der Waals surface area contributed by atoms with Gasteiger partial charge in [-0.3, -0.25) is 19.2 Å². The minimum Gasteiger partial charge on any atom is -0.481 e. The van der Waals surface area contributed by atoms with Crippen LogP contribution in [0.5, 0.6) is 0 Å². The summed E-state index contributed by atoms with van der Waals surface area (Å²) in [7, 11) is 0. The number of esters is 2. The Kier molecular flexibility index (Phi) is 7.55. The van der Waals surface area contributed by atoms with Crippen LogP contribution in [-0.4, -0.2) is 46.3 Å². The molecule has 0 amide bonds. The van der Waals surface area contributed by atoms with Gasteiger partial charge in [-0.25, -0.2) is 0 Å². The van der Waals surface area contributed by atoms with Gasteiger partial charge in [0.1, 0.15) is 17.6 Å². The molecule has 0 aromatic heterocycles. The number of rotatable bonds is 9. The first-order chi connectivity index (χ1) is 10.0. The Morgan fingerprint density at radius 1 is 0.955 bits per heavy atom. The van der Waals surface area contributed by atoms with Crippen molar-refractivity contribution in [1.29, 1.82) is 0 Å². The van der Waals surface area contributed by atoms with E-state index in [-0.39, 0.29) is 19.3 Å². The number of aliphatic carboxylic acids is 2. The van der Waals surface area contributed by atoms with Crippen LogP contribution in [-0.2, 0) is 28.7 Å². The van der Waals surface area contributed by atoms with Gasteiger partial charge in [0.25, 0.3) is 0 Å². The SMILES string of the molecule is CC(=O)OC(C)C(CCCC(=O)O)(C(=O)O)C(C)OC(C)=O.